The fourth-order valence-electron chi connectivity index (χ4n) is 3.89. The summed E-state index contributed by atoms with van der Waals surface area (Å²) in [5.74, 6) is 0.131. The van der Waals surface area contributed by atoms with Crippen LogP contribution in [0.25, 0.3) is 10.9 Å². The SMILES string of the molecule is CC1(C)c2cc(OCC(O)CO)ccc2C(=O)c2c1[nH]c1c(O)c(C#N)ccc21. The first-order valence-corrected chi connectivity index (χ1v) is 9.18. The van der Waals surface area contributed by atoms with E-state index in [-0.39, 0.29) is 23.7 Å². The third kappa shape index (κ3) is 2.77. The van der Waals surface area contributed by atoms with E-state index in [0.29, 0.717) is 33.5 Å². The van der Waals surface area contributed by atoms with Gasteiger partial charge in [0.25, 0.3) is 0 Å². The number of aromatic amines is 1. The molecule has 0 saturated heterocycles. The number of carbonyl (C=O) groups is 1. The van der Waals surface area contributed by atoms with Gasteiger partial charge in [-0.1, -0.05) is 19.9 Å². The van der Waals surface area contributed by atoms with E-state index >= 15 is 0 Å². The van der Waals surface area contributed by atoms with Crippen LogP contribution in [0, 0.1) is 11.3 Å². The van der Waals surface area contributed by atoms with Crippen LogP contribution in [-0.2, 0) is 5.41 Å². The Labute approximate surface area is 166 Å². The van der Waals surface area contributed by atoms with Crippen molar-refractivity contribution in [2.24, 2.45) is 0 Å². The lowest BCUT2D eigenvalue weighted by Gasteiger charge is -2.32. The molecule has 1 heterocycles. The molecular formula is C22H20N2O5. The Morgan fingerprint density at radius 2 is 2.03 bits per heavy atom. The van der Waals surface area contributed by atoms with Crippen LogP contribution in [-0.4, -0.2) is 45.4 Å². The summed E-state index contributed by atoms with van der Waals surface area (Å²) >= 11 is 0. The summed E-state index contributed by atoms with van der Waals surface area (Å²) in [4.78, 5) is 16.4. The van der Waals surface area contributed by atoms with Gasteiger partial charge < -0.3 is 25.0 Å². The quantitative estimate of drug-likeness (QED) is 0.540. The number of hydrogen-bond donors (Lipinski definition) is 4. The lowest BCUT2D eigenvalue weighted by atomic mass is 9.71. The maximum absolute atomic E-state index is 13.3. The van der Waals surface area contributed by atoms with Crippen LogP contribution in [0.2, 0.25) is 0 Å². The number of aromatic nitrogens is 1. The Bertz CT molecular complexity index is 1190. The number of benzene rings is 2. The number of aromatic hydroxyl groups is 1. The average molecular weight is 392 g/mol. The highest BCUT2D eigenvalue weighted by molar-refractivity contribution is 6.20. The van der Waals surface area contributed by atoms with Crippen LogP contribution in [0.15, 0.2) is 30.3 Å². The molecule has 1 aromatic heterocycles. The van der Waals surface area contributed by atoms with E-state index in [1.807, 2.05) is 19.9 Å². The highest BCUT2D eigenvalue weighted by Crippen LogP contribution is 2.46. The van der Waals surface area contributed by atoms with E-state index in [1.165, 1.54) is 6.07 Å². The number of nitrogens with one attached hydrogen (secondary N) is 1. The van der Waals surface area contributed by atoms with Crippen LogP contribution in [0.5, 0.6) is 11.5 Å². The molecule has 0 bridgehead atoms. The third-order valence-corrected chi connectivity index (χ3v) is 5.48. The van der Waals surface area contributed by atoms with Gasteiger partial charge in [0, 0.05) is 22.1 Å². The largest absolute Gasteiger partial charge is 0.504 e. The summed E-state index contributed by atoms with van der Waals surface area (Å²) in [5, 5.41) is 38.6. The van der Waals surface area contributed by atoms with Crippen molar-refractivity contribution in [1.29, 1.82) is 5.26 Å². The van der Waals surface area contributed by atoms with Gasteiger partial charge in [-0.25, -0.2) is 0 Å². The topological polar surface area (TPSA) is 127 Å². The van der Waals surface area contributed by atoms with E-state index < -0.39 is 18.1 Å². The van der Waals surface area contributed by atoms with Crippen molar-refractivity contribution >= 4 is 16.7 Å². The van der Waals surface area contributed by atoms with Crippen molar-refractivity contribution < 1.29 is 24.9 Å². The molecule has 0 fully saturated rings. The Balaban J connectivity index is 1.87. The van der Waals surface area contributed by atoms with E-state index in [4.69, 9.17) is 9.84 Å². The van der Waals surface area contributed by atoms with Crippen LogP contribution in [0.1, 0.15) is 46.6 Å². The van der Waals surface area contributed by atoms with E-state index in [0.717, 1.165) is 5.56 Å². The molecule has 0 radical (unpaired) electrons. The van der Waals surface area contributed by atoms with Crippen molar-refractivity contribution in [2.45, 2.75) is 25.4 Å². The van der Waals surface area contributed by atoms with Crippen molar-refractivity contribution in [3.05, 3.63) is 58.3 Å². The number of ether oxygens (including phenoxy) is 1. The molecule has 3 aromatic rings. The van der Waals surface area contributed by atoms with Gasteiger partial charge in [0.1, 0.15) is 24.5 Å². The number of nitrogens with zero attached hydrogens (tertiary/aromatic N) is 1. The summed E-state index contributed by atoms with van der Waals surface area (Å²) in [6.45, 7) is 3.45. The zero-order chi connectivity index (χ0) is 20.9. The molecule has 148 valence electrons. The molecule has 7 heteroatoms. The normalized spacial score (nSPS) is 15.5. The van der Waals surface area contributed by atoms with E-state index in [9.17, 15) is 20.3 Å². The first-order valence-electron chi connectivity index (χ1n) is 9.18. The molecule has 0 spiro atoms. The first kappa shape index (κ1) is 19.0. The number of aliphatic hydroxyl groups excluding tert-OH is 2. The number of fused-ring (bicyclic) bond motifs is 4. The monoisotopic (exact) mass is 392 g/mol. The molecule has 0 aliphatic heterocycles. The molecule has 4 rings (SSSR count). The smallest absolute Gasteiger partial charge is 0.195 e. The van der Waals surface area contributed by atoms with Crippen molar-refractivity contribution in [3.63, 3.8) is 0 Å². The van der Waals surface area contributed by atoms with E-state index in [1.54, 1.807) is 24.3 Å². The van der Waals surface area contributed by atoms with Crippen molar-refractivity contribution in [2.75, 3.05) is 13.2 Å². The maximum Gasteiger partial charge on any atom is 0.195 e. The number of aliphatic hydroxyl groups is 2. The standard InChI is InChI=1S/C22H20N2O5/c1-22(2)16-7-13(29-10-12(26)9-25)4-6-14(16)20(28)17-15-5-3-11(8-23)19(27)18(15)24-21(17)22/h3-7,12,24-27H,9-10H2,1-2H3. The van der Waals surface area contributed by atoms with Gasteiger partial charge >= 0.3 is 0 Å². The Hall–Kier alpha value is -3.34. The molecule has 0 amide bonds. The minimum absolute atomic E-state index is 0.0634. The lowest BCUT2D eigenvalue weighted by Crippen LogP contribution is -2.30. The molecule has 4 N–H and O–H groups in total. The van der Waals surface area contributed by atoms with Gasteiger partial charge in [0.05, 0.1) is 23.3 Å². The van der Waals surface area contributed by atoms with Crippen molar-refractivity contribution in [3.8, 4) is 17.6 Å². The molecule has 1 aliphatic rings. The molecule has 1 unspecified atom stereocenters. The number of carbonyl (C=O) groups excluding carboxylic acids is 1. The van der Waals surface area contributed by atoms with Gasteiger partial charge in [0.15, 0.2) is 11.5 Å². The summed E-state index contributed by atoms with van der Waals surface area (Å²) in [6.07, 6.45) is -0.988. The molecule has 2 aromatic carbocycles. The summed E-state index contributed by atoms with van der Waals surface area (Å²) in [7, 11) is 0. The molecule has 29 heavy (non-hydrogen) atoms. The fraction of sp³-hybridized carbons (Fsp3) is 0.273. The second-order valence-electron chi connectivity index (χ2n) is 7.68. The number of phenols is 1. The van der Waals surface area contributed by atoms with Gasteiger partial charge in [-0.15, -0.1) is 0 Å². The number of rotatable bonds is 4. The molecule has 0 saturated carbocycles. The third-order valence-electron chi connectivity index (χ3n) is 5.48. The van der Waals surface area contributed by atoms with Crippen LogP contribution < -0.4 is 4.74 Å². The zero-order valence-electron chi connectivity index (χ0n) is 16.0. The highest BCUT2D eigenvalue weighted by Gasteiger charge is 2.40. The number of phenolic OH excluding ortho intramolecular Hbond substituents is 1. The maximum atomic E-state index is 13.3. The molecule has 1 aliphatic carbocycles. The van der Waals surface area contributed by atoms with Crippen LogP contribution in [0.4, 0.5) is 0 Å². The molecular weight excluding hydrogens is 372 g/mol. The van der Waals surface area contributed by atoms with Gasteiger partial charge in [-0.3, -0.25) is 4.79 Å². The first-order chi connectivity index (χ1) is 13.8. The predicted molar refractivity (Wildman–Crippen MR) is 105 cm³/mol. The second kappa shape index (κ2) is 6.62. The Morgan fingerprint density at radius 1 is 1.28 bits per heavy atom. The lowest BCUT2D eigenvalue weighted by molar-refractivity contribution is 0.0535. The van der Waals surface area contributed by atoms with Crippen molar-refractivity contribution in [1.82, 2.24) is 4.98 Å². The van der Waals surface area contributed by atoms with Crippen LogP contribution >= 0.6 is 0 Å². The number of nitriles is 1. The number of hydrogen-bond acceptors (Lipinski definition) is 6. The highest BCUT2D eigenvalue weighted by atomic mass is 16.5. The van der Waals surface area contributed by atoms with Gasteiger partial charge in [-0.05, 0) is 29.8 Å². The zero-order valence-corrected chi connectivity index (χ0v) is 16.0. The number of H-pyrrole nitrogens is 1. The molecule has 1 atom stereocenters. The average Bonchev–Trinajstić information content (AvgIpc) is 3.12. The second-order valence-corrected chi connectivity index (χ2v) is 7.68. The van der Waals surface area contributed by atoms with Crippen LogP contribution in [0.3, 0.4) is 0 Å². The predicted octanol–water partition coefficient (Wildman–Crippen LogP) is 2.35. The summed E-state index contributed by atoms with van der Waals surface area (Å²) in [6, 6.07) is 10.2. The summed E-state index contributed by atoms with van der Waals surface area (Å²) in [5.41, 5.74) is 2.32. The Morgan fingerprint density at radius 3 is 2.72 bits per heavy atom. The number of ketones is 1. The minimum atomic E-state index is -0.988. The van der Waals surface area contributed by atoms with Gasteiger partial charge in [0.2, 0.25) is 0 Å². The van der Waals surface area contributed by atoms with Gasteiger partial charge in [-0.2, -0.15) is 5.26 Å². The summed E-state index contributed by atoms with van der Waals surface area (Å²) < 4.78 is 5.54. The fourth-order valence-corrected chi connectivity index (χ4v) is 3.89. The Kier molecular flexibility index (Phi) is 4.34. The minimum Gasteiger partial charge on any atom is -0.504 e. The molecule has 7 nitrogen and oxygen atoms in total. The van der Waals surface area contributed by atoms with E-state index in [2.05, 4.69) is 4.98 Å².